The van der Waals surface area contributed by atoms with Gasteiger partial charge in [0.15, 0.2) is 0 Å². The van der Waals surface area contributed by atoms with Crippen molar-refractivity contribution in [2.45, 2.75) is 38.1 Å². The van der Waals surface area contributed by atoms with Crippen LogP contribution in [0.4, 0.5) is 10.1 Å². The van der Waals surface area contributed by atoms with E-state index in [1.807, 2.05) is 30.3 Å². The zero-order valence-corrected chi connectivity index (χ0v) is 28.0. The van der Waals surface area contributed by atoms with Gasteiger partial charge in [-0.05, 0) is 54.8 Å². The lowest BCUT2D eigenvalue weighted by atomic mass is 10.00. The highest BCUT2D eigenvalue weighted by atomic mass is 32.2. The van der Waals surface area contributed by atoms with Crippen LogP contribution in [0.5, 0.6) is 0 Å². The lowest BCUT2D eigenvalue weighted by Gasteiger charge is -2.25. The van der Waals surface area contributed by atoms with Gasteiger partial charge in [0.2, 0.25) is 10.0 Å². The van der Waals surface area contributed by atoms with Crippen molar-refractivity contribution in [3.8, 4) is 0 Å². The van der Waals surface area contributed by atoms with Crippen LogP contribution in [0.15, 0.2) is 85.2 Å². The number of sulfonamides is 1. The van der Waals surface area contributed by atoms with Gasteiger partial charge in [-0.25, -0.2) is 12.8 Å². The van der Waals surface area contributed by atoms with Gasteiger partial charge in [0.05, 0.1) is 55.0 Å². The number of aromatic nitrogens is 2. The van der Waals surface area contributed by atoms with Gasteiger partial charge in [-0.3, -0.25) is 23.4 Å². The van der Waals surface area contributed by atoms with Crippen molar-refractivity contribution in [2.24, 2.45) is 0 Å². The highest BCUT2D eigenvalue weighted by Crippen LogP contribution is 2.23. The summed E-state index contributed by atoms with van der Waals surface area (Å²) < 4.78 is 40.6. The molecule has 5 N–H and O–H groups in total. The number of anilines is 1. The first-order valence-corrected chi connectivity index (χ1v) is 17.2. The van der Waals surface area contributed by atoms with E-state index in [1.165, 1.54) is 66.6 Å². The average molecular weight is 695 g/mol. The summed E-state index contributed by atoms with van der Waals surface area (Å²) in [7, 11) is -2.50. The van der Waals surface area contributed by atoms with Crippen LogP contribution >= 0.6 is 0 Å². The lowest BCUT2D eigenvalue weighted by Crippen LogP contribution is -2.46. The molecule has 1 heterocycles. The van der Waals surface area contributed by atoms with E-state index in [2.05, 4.69) is 21.0 Å². The number of hydrogen-bond acceptors (Lipinski definition) is 8. The average Bonchev–Trinajstić information content (AvgIpc) is 3.55. The second-order valence-corrected chi connectivity index (χ2v) is 13.5. The fourth-order valence-electron chi connectivity index (χ4n) is 4.94. The maximum absolute atomic E-state index is 13.8. The summed E-state index contributed by atoms with van der Waals surface area (Å²) in [6.07, 6.45) is 2.72. The van der Waals surface area contributed by atoms with Crippen LogP contribution in [0, 0.1) is 5.82 Å². The number of benzene rings is 3. The molecule has 0 radical (unpaired) electrons. The zero-order valence-electron chi connectivity index (χ0n) is 27.2. The first-order chi connectivity index (χ1) is 23.2. The van der Waals surface area contributed by atoms with Gasteiger partial charge in [-0.2, -0.15) is 5.10 Å². The number of carbonyl (C=O) groups excluding carboxylic acids is 3. The van der Waals surface area contributed by atoms with Crippen LogP contribution in [0.2, 0.25) is 0 Å². The van der Waals surface area contributed by atoms with E-state index in [0.29, 0.717) is 5.56 Å². The van der Waals surface area contributed by atoms with E-state index in [0.717, 1.165) is 16.1 Å². The summed E-state index contributed by atoms with van der Waals surface area (Å²) in [5.74, 6) is -2.17. The summed E-state index contributed by atoms with van der Waals surface area (Å²) >= 11 is 0. The minimum atomic E-state index is -3.79. The van der Waals surface area contributed by atoms with Gasteiger partial charge in [-0.1, -0.05) is 42.5 Å². The molecule has 0 saturated heterocycles. The van der Waals surface area contributed by atoms with Gasteiger partial charge in [0, 0.05) is 30.9 Å². The minimum absolute atomic E-state index is 0.00388. The maximum Gasteiger partial charge on any atom is 0.254 e. The molecule has 0 aliphatic heterocycles. The van der Waals surface area contributed by atoms with E-state index in [4.69, 9.17) is 5.11 Å². The third-order valence-electron chi connectivity index (χ3n) is 7.77. The molecule has 4 rings (SSSR count). The predicted octanol–water partition coefficient (Wildman–Crippen LogP) is 2.03. The molecule has 15 heteroatoms. The summed E-state index contributed by atoms with van der Waals surface area (Å²) in [4.78, 5) is 39.5. The number of hydrogen-bond donors (Lipinski definition) is 5. The lowest BCUT2D eigenvalue weighted by molar-refractivity contribution is 0.0780. The van der Waals surface area contributed by atoms with Crippen LogP contribution < -0.4 is 20.3 Å². The SMILES string of the molecule is C[C@@H](NC(=O)c1cc(C(=O)N[C@@H](Cc2ccccc2)[C@@H](O)Cn2cc(C(=O)NCCO)cn2)cc(N(C)S(C)(=O)=O)c1)c1ccc(F)cc1. The number of carbonyl (C=O) groups is 3. The number of aliphatic hydroxyl groups excluding tert-OH is 2. The van der Waals surface area contributed by atoms with Crippen molar-refractivity contribution in [3.05, 3.63) is 119 Å². The van der Waals surface area contributed by atoms with E-state index < -0.39 is 51.7 Å². The van der Waals surface area contributed by atoms with E-state index in [9.17, 15) is 32.3 Å². The van der Waals surface area contributed by atoms with Crippen molar-refractivity contribution < 1.29 is 37.4 Å². The molecule has 0 spiro atoms. The number of rotatable bonds is 15. The number of amides is 3. The number of nitrogens with one attached hydrogen (secondary N) is 3. The Labute approximate surface area is 283 Å². The van der Waals surface area contributed by atoms with Crippen LogP contribution in [-0.2, 0) is 23.0 Å². The fourth-order valence-corrected chi connectivity index (χ4v) is 5.42. The number of aliphatic hydroxyl groups is 2. The molecular formula is C34H39FN6O7S. The Hall–Kier alpha value is -5.12. The second kappa shape index (κ2) is 16.3. The standard InChI is InChI=1S/C34H39FN6O7S/c1-22(24-9-11-28(35)12-10-24)38-33(45)25-16-26(18-29(17-25)40(2)49(3,47)48)34(46)39-30(15-23-7-5-4-6-8-23)31(43)21-41-20-27(19-37-41)32(44)36-13-14-42/h4-12,16-20,22,30-31,42-43H,13-15,21H2,1-3H3,(H,36,44)(H,38,45)(H,39,46)/t22-,30+,31+/m1/s1. The second-order valence-electron chi connectivity index (χ2n) is 11.5. The third kappa shape index (κ3) is 10.2. The predicted molar refractivity (Wildman–Crippen MR) is 181 cm³/mol. The fraction of sp³-hybridized carbons (Fsp3) is 0.294. The molecule has 49 heavy (non-hydrogen) atoms. The summed E-state index contributed by atoms with van der Waals surface area (Å²) in [5.41, 5.74) is 1.66. The Morgan fingerprint density at radius 1 is 0.939 bits per heavy atom. The number of halogens is 1. The van der Waals surface area contributed by atoms with Gasteiger partial charge >= 0.3 is 0 Å². The molecule has 3 aromatic carbocycles. The van der Waals surface area contributed by atoms with E-state index in [-0.39, 0.29) is 48.5 Å². The Morgan fingerprint density at radius 2 is 1.57 bits per heavy atom. The topological polar surface area (TPSA) is 183 Å². The molecule has 3 atom stereocenters. The molecule has 1 aromatic heterocycles. The molecule has 13 nitrogen and oxygen atoms in total. The van der Waals surface area contributed by atoms with Crippen molar-refractivity contribution >= 4 is 33.4 Å². The Balaban J connectivity index is 1.62. The van der Waals surface area contributed by atoms with Crippen LogP contribution in [0.1, 0.15) is 55.2 Å². The van der Waals surface area contributed by atoms with Crippen molar-refractivity contribution in [2.75, 3.05) is 30.8 Å². The Kier molecular flexibility index (Phi) is 12.2. The smallest absolute Gasteiger partial charge is 0.254 e. The molecule has 0 bridgehead atoms. The molecule has 0 aliphatic rings. The normalized spacial score (nSPS) is 13.2. The first kappa shape index (κ1) is 36.7. The van der Waals surface area contributed by atoms with Crippen LogP contribution in [0.3, 0.4) is 0 Å². The van der Waals surface area contributed by atoms with E-state index in [1.54, 1.807) is 6.92 Å². The maximum atomic E-state index is 13.8. The molecule has 0 saturated carbocycles. The summed E-state index contributed by atoms with van der Waals surface area (Å²) in [5, 5.41) is 32.6. The van der Waals surface area contributed by atoms with Crippen molar-refractivity contribution in [1.29, 1.82) is 0 Å². The monoisotopic (exact) mass is 694 g/mol. The highest BCUT2D eigenvalue weighted by Gasteiger charge is 2.26. The molecule has 260 valence electrons. The Bertz CT molecular complexity index is 1870. The summed E-state index contributed by atoms with van der Waals surface area (Å²) in [6, 6.07) is 17.3. The molecule has 0 fully saturated rings. The Morgan fingerprint density at radius 3 is 2.18 bits per heavy atom. The first-order valence-electron chi connectivity index (χ1n) is 15.3. The van der Waals surface area contributed by atoms with Crippen LogP contribution in [-0.4, -0.2) is 84.7 Å². The van der Waals surface area contributed by atoms with Crippen molar-refractivity contribution in [3.63, 3.8) is 0 Å². The molecular weight excluding hydrogens is 655 g/mol. The molecule has 3 amide bonds. The third-order valence-corrected chi connectivity index (χ3v) is 8.97. The van der Waals surface area contributed by atoms with Crippen LogP contribution in [0.25, 0.3) is 0 Å². The van der Waals surface area contributed by atoms with E-state index >= 15 is 0 Å². The zero-order chi connectivity index (χ0) is 35.7. The van der Waals surface area contributed by atoms with Gasteiger partial charge < -0.3 is 26.2 Å². The van der Waals surface area contributed by atoms with Gasteiger partial charge in [0.1, 0.15) is 5.82 Å². The van der Waals surface area contributed by atoms with Gasteiger partial charge in [0.25, 0.3) is 17.7 Å². The molecule has 0 aliphatic carbocycles. The minimum Gasteiger partial charge on any atom is -0.395 e. The molecule has 0 unspecified atom stereocenters. The molecule has 4 aromatic rings. The summed E-state index contributed by atoms with van der Waals surface area (Å²) in [6.45, 7) is 1.44. The quantitative estimate of drug-likeness (QED) is 0.125. The largest absolute Gasteiger partial charge is 0.395 e. The van der Waals surface area contributed by atoms with Crippen molar-refractivity contribution in [1.82, 2.24) is 25.7 Å². The number of nitrogens with zero attached hydrogens (tertiary/aromatic N) is 3. The highest BCUT2D eigenvalue weighted by molar-refractivity contribution is 7.92. The van der Waals surface area contributed by atoms with Gasteiger partial charge in [-0.15, -0.1) is 0 Å².